The van der Waals surface area contributed by atoms with Crippen LogP contribution in [0.4, 0.5) is 39.5 Å². The smallest absolute Gasteiger partial charge is 0.405 e. The van der Waals surface area contributed by atoms with E-state index in [-0.39, 0.29) is 120 Å². The van der Waals surface area contributed by atoms with Crippen molar-refractivity contribution in [1.82, 2.24) is 29.9 Å². The van der Waals surface area contributed by atoms with E-state index in [9.17, 15) is 75.0 Å². The average molecular weight is 1680 g/mol. The highest BCUT2D eigenvalue weighted by atomic mass is 35.5. The fraction of sp³-hybridized carbons (Fsp3) is 0.194. The second kappa shape index (κ2) is 34.1. The van der Waals surface area contributed by atoms with Gasteiger partial charge in [-0.15, -0.1) is 39.5 Å². The van der Waals surface area contributed by atoms with E-state index < -0.39 is 77.7 Å². The average Bonchev–Trinajstić information content (AvgIpc) is 1.16. The number of hydrogen-bond acceptors (Lipinski definition) is 15. The van der Waals surface area contributed by atoms with E-state index in [2.05, 4.69) is 44.1 Å². The number of alkyl halides is 9. The van der Waals surface area contributed by atoms with Gasteiger partial charge in [-0.1, -0.05) is 181 Å². The highest BCUT2D eigenvalue weighted by molar-refractivity contribution is 7.92. The number of fused-ring (bicyclic) bond motifs is 3. The number of ether oxygens (including phenoxy) is 3. The lowest BCUT2D eigenvalue weighted by molar-refractivity contribution is -0.275. The molecule has 0 spiro atoms. The number of halogens is 15. The number of hydrogen-bond donors (Lipinski definition) is 5. The molecule has 36 heteroatoms. The topological polar surface area (TPSA) is 274 Å². The van der Waals surface area contributed by atoms with E-state index >= 15 is 0 Å². The Morgan fingerprint density at radius 1 is 0.417 bits per heavy atom. The summed E-state index contributed by atoms with van der Waals surface area (Å²) in [5.41, 5.74) is 4.64. The Hall–Kier alpha value is -8.66. The van der Waals surface area contributed by atoms with E-state index in [1.807, 2.05) is 6.79 Å². The number of nitrogens with zero attached hydrogens (tertiary/aromatic N) is 3. The van der Waals surface area contributed by atoms with Crippen LogP contribution >= 0.6 is 69.6 Å². The van der Waals surface area contributed by atoms with Crippen LogP contribution in [0.1, 0.15) is 66.8 Å². The molecule has 5 N–H and O–H groups in total. The molecule has 3 aromatic heterocycles. The number of aromatic amines is 3. The van der Waals surface area contributed by atoms with Gasteiger partial charge in [-0.05, 0) is 89.5 Å². The van der Waals surface area contributed by atoms with E-state index in [1.165, 1.54) is 109 Å². The highest BCUT2D eigenvalue weighted by Gasteiger charge is 2.36. The second-order valence-electron chi connectivity index (χ2n) is 23.0. The van der Waals surface area contributed by atoms with Crippen molar-refractivity contribution in [2.75, 3.05) is 30.5 Å². The van der Waals surface area contributed by atoms with Gasteiger partial charge in [0.1, 0.15) is 58.1 Å². The molecule has 0 aliphatic rings. The molecule has 0 saturated carbocycles. The second-order valence-corrected chi connectivity index (χ2v) is 32.2. The first kappa shape index (κ1) is 83.4. The number of sulfone groups is 3. The quantitative estimate of drug-likeness (QED) is 0.0444. The van der Waals surface area contributed by atoms with Gasteiger partial charge in [0, 0.05) is 39.8 Å². The Labute approximate surface area is 640 Å². The number of benzene rings is 9. The zero-order valence-corrected chi connectivity index (χ0v) is 62.9. The lowest BCUT2D eigenvalue weighted by Crippen LogP contribution is -2.17. The van der Waals surface area contributed by atoms with E-state index in [0.29, 0.717) is 57.1 Å². The van der Waals surface area contributed by atoms with Crippen LogP contribution in [-0.4, -0.2) is 122 Å². The number of para-hydroxylation sites is 3. The standard InChI is InChI=1S/2C24H19Cl2F3N2O4S.C23H17Cl2F3N2O3S.CH2O/c2*1-2-36(33,34)14-9-7-13(8-10-14)16(12-32)23-30-18-11-17(25)20(21(26)22(18)31-23)15-5-3-4-6-19(15)35-24(27,28)29;1-2-34(31,32)14-9-7-13(8-10-14)11-19-29-17-12-16(24)20(21(25)22(17)30-19)15-5-3-4-6-18(15)33-23(26,27)28;1-2/h2*3-11,16,32H,2,12H2,1H3,(H,30,31);3-10,12H,2,11H2,1H3,(H,29,30);1H2. The van der Waals surface area contributed by atoms with Crippen molar-refractivity contribution in [3.8, 4) is 50.6 Å². The summed E-state index contributed by atoms with van der Waals surface area (Å²) in [5.74, 6) is -1.62. The molecule has 0 bridgehead atoms. The minimum Gasteiger partial charge on any atom is -0.405 e. The van der Waals surface area contributed by atoms with Gasteiger partial charge in [0.25, 0.3) is 0 Å². The summed E-state index contributed by atoms with van der Waals surface area (Å²) in [4.78, 5) is 31.2. The van der Waals surface area contributed by atoms with Gasteiger partial charge in [-0.2, -0.15) is 0 Å². The molecule has 0 aliphatic heterocycles. The van der Waals surface area contributed by atoms with Crippen molar-refractivity contribution < 1.29 is 94.0 Å². The van der Waals surface area contributed by atoms with E-state index in [1.54, 1.807) is 63.2 Å². The number of aromatic nitrogens is 6. The predicted molar refractivity (Wildman–Crippen MR) is 395 cm³/mol. The number of imidazole rings is 3. The zero-order valence-electron chi connectivity index (χ0n) is 55.9. The third-order valence-electron chi connectivity index (χ3n) is 16.3. The molecule has 3 heterocycles. The number of rotatable bonds is 20. The zero-order chi connectivity index (χ0) is 79.2. The van der Waals surface area contributed by atoms with Crippen LogP contribution < -0.4 is 14.2 Å². The van der Waals surface area contributed by atoms with Crippen molar-refractivity contribution in [3.05, 3.63) is 228 Å². The molecule has 2 unspecified atom stereocenters. The van der Waals surface area contributed by atoms with Crippen LogP contribution in [0.15, 0.2) is 178 Å². The Morgan fingerprint density at radius 2 is 0.694 bits per heavy atom. The van der Waals surface area contributed by atoms with Crippen molar-refractivity contribution in [2.45, 2.75) is 72.8 Å². The molecule has 108 heavy (non-hydrogen) atoms. The number of carbonyl (C=O) groups excluding carboxylic acids is 1. The fourth-order valence-corrected chi connectivity index (χ4v) is 15.9. The van der Waals surface area contributed by atoms with Crippen LogP contribution in [0.5, 0.6) is 17.2 Å². The molecule has 12 aromatic rings. The van der Waals surface area contributed by atoms with Crippen molar-refractivity contribution in [1.29, 1.82) is 0 Å². The van der Waals surface area contributed by atoms with Crippen LogP contribution in [-0.2, 0) is 40.7 Å². The normalized spacial score (nSPS) is 12.7. The summed E-state index contributed by atoms with van der Waals surface area (Å²) in [6.45, 7) is 5.95. The summed E-state index contributed by atoms with van der Waals surface area (Å²) < 4.78 is 201. The van der Waals surface area contributed by atoms with Gasteiger partial charge in [0.15, 0.2) is 29.5 Å². The number of nitrogens with one attached hydrogen (secondary N) is 3. The van der Waals surface area contributed by atoms with E-state index in [4.69, 9.17) is 74.4 Å². The molecule has 2 atom stereocenters. The predicted octanol–water partition coefficient (Wildman–Crippen LogP) is 19.3. The number of aliphatic hydroxyl groups is 2. The minimum absolute atomic E-state index is 0.000647. The molecular weight excluding hydrogens is 1620 g/mol. The Bertz CT molecular complexity index is 5390. The maximum absolute atomic E-state index is 12.9. The number of H-pyrrole nitrogens is 3. The summed E-state index contributed by atoms with van der Waals surface area (Å²) in [6, 6.07) is 39.6. The Kier molecular flexibility index (Phi) is 26.3. The SMILES string of the molecule is C=O.CCS(=O)(=O)c1ccc(C(CO)c2nc3c(Cl)c(-c4ccccc4OC(F)(F)F)c(Cl)cc3[nH]2)cc1.CCS(=O)(=O)c1ccc(C(CO)c2nc3c(Cl)c(-c4ccccc4OC(F)(F)F)c(Cl)cc3[nH]2)cc1.CCS(=O)(=O)c1ccc(Cc2nc3c(Cl)c(-c4ccccc4OC(F)(F)F)c(Cl)cc3[nH]2)cc1. The summed E-state index contributed by atoms with van der Waals surface area (Å²) in [6.07, 6.45) is -14.4. The van der Waals surface area contributed by atoms with Crippen LogP contribution in [0.3, 0.4) is 0 Å². The fourth-order valence-electron chi connectivity index (χ4n) is 11.2. The number of carbonyl (C=O) groups is 1. The minimum atomic E-state index is -4.92. The highest BCUT2D eigenvalue weighted by Crippen LogP contribution is 2.48. The first-order valence-corrected chi connectivity index (χ1v) is 38.8. The van der Waals surface area contributed by atoms with E-state index in [0.717, 1.165) is 17.7 Å². The summed E-state index contributed by atoms with van der Waals surface area (Å²) in [5, 5.41) is 20.5. The van der Waals surface area contributed by atoms with Crippen molar-refractivity contribution in [3.63, 3.8) is 0 Å². The first-order chi connectivity index (χ1) is 50.9. The van der Waals surface area contributed by atoms with Gasteiger partial charge in [-0.25, -0.2) is 40.2 Å². The maximum atomic E-state index is 12.9. The summed E-state index contributed by atoms with van der Waals surface area (Å²) in [7, 11) is -10.1. The summed E-state index contributed by atoms with van der Waals surface area (Å²) >= 11 is 39.0. The lowest BCUT2D eigenvalue weighted by atomic mass is 9.99. The number of aliphatic hydroxyl groups excluding tert-OH is 2. The van der Waals surface area contributed by atoms with Gasteiger partial charge in [0.2, 0.25) is 0 Å². The molecule has 0 radical (unpaired) electrons. The molecule has 18 nitrogen and oxygen atoms in total. The molecule has 9 aromatic carbocycles. The third kappa shape index (κ3) is 19.3. The van der Waals surface area contributed by atoms with Gasteiger partial charge >= 0.3 is 19.1 Å². The lowest BCUT2D eigenvalue weighted by Gasteiger charge is -2.15. The largest absolute Gasteiger partial charge is 0.573 e. The molecule has 0 fully saturated rings. The van der Waals surface area contributed by atoms with Gasteiger partial charge < -0.3 is 44.2 Å². The molecule has 0 amide bonds. The third-order valence-corrected chi connectivity index (χ3v) is 23.6. The van der Waals surface area contributed by atoms with Crippen LogP contribution in [0.2, 0.25) is 30.1 Å². The molecule has 12 rings (SSSR count). The Morgan fingerprint density at radius 3 is 0.981 bits per heavy atom. The Balaban J connectivity index is 0.000000185. The molecule has 0 aliphatic carbocycles. The van der Waals surface area contributed by atoms with Gasteiger partial charge in [-0.3, -0.25) is 0 Å². The first-order valence-electron chi connectivity index (χ1n) is 31.5. The maximum Gasteiger partial charge on any atom is 0.573 e. The van der Waals surface area contributed by atoms with Crippen LogP contribution in [0.25, 0.3) is 66.5 Å². The van der Waals surface area contributed by atoms with Crippen molar-refractivity contribution >= 4 is 139 Å². The molecular formula is C72H57Cl6F9N6O12S3. The van der Waals surface area contributed by atoms with Crippen molar-refractivity contribution in [2.24, 2.45) is 0 Å². The molecule has 570 valence electrons. The monoisotopic (exact) mass is 1670 g/mol. The van der Waals surface area contributed by atoms with Crippen LogP contribution in [0, 0.1) is 0 Å². The van der Waals surface area contributed by atoms with Gasteiger partial charge in [0.05, 0.1) is 104 Å². The molecule has 0 saturated heterocycles.